The van der Waals surface area contributed by atoms with E-state index in [1.807, 2.05) is 17.5 Å². The van der Waals surface area contributed by atoms with Gasteiger partial charge in [-0.05, 0) is 36.1 Å². The number of hydrogen-bond acceptors (Lipinski definition) is 3. The standard InChI is InChI=1S/C13H14FNOS/c1-9-4-5-10(7-11(9)14)15-8-12(16)13-3-2-6-17-13/h2-7,12,15-16H,8H2,1H3. The summed E-state index contributed by atoms with van der Waals surface area (Å²) in [5.41, 5.74) is 1.30. The summed E-state index contributed by atoms with van der Waals surface area (Å²) in [4.78, 5) is 0.907. The zero-order valence-corrected chi connectivity index (χ0v) is 10.3. The number of thiophene rings is 1. The van der Waals surface area contributed by atoms with Crippen LogP contribution in [0.5, 0.6) is 0 Å². The van der Waals surface area contributed by atoms with Gasteiger partial charge >= 0.3 is 0 Å². The van der Waals surface area contributed by atoms with Gasteiger partial charge in [0, 0.05) is 17.1 Å². The number of aliphatic hydroxyl groups is 1. The number of rotatable bonds is 4. The van der Waals surface area contributed by atoms with Gasteiger partial charge in [-0.3, -0.25) is 0 Å². The highest BCUT2D eigenvalue weighted by molar-refractivity contribution is 7.10. The third kappa shape index (κ3) is 3.05. The Morgan fingerprint density at radius 2 is 2.24 bits per heavy atom. The second-order valence-electron chi connectivity index (χ2n) is 3.88. The first-order valence-electron chi connectivity index (χ1n) is 5.38. The Kier molecular flexibility index (Phi) is 3.76. The smallest absolute Gasteiger partial charge is 0.128 e. The van der Waals surface area contributed by atoms with Crippen LogP contribution in [0.3, 0.4) is 0 Å². The van der Waals surface area contributed by atoms with Crippen molar-refractivity contribution in [1.82, 2.24) is 0 Å². The van der Waals surface area contributed by atoms with Gasteiger partial charge < -0.3 is 10.4 Å². The summed E-state index contributed by atoms with van der Waals surface area (Å²) >= 11 is 1.51. The third-order valence-electron chi connectivity index (χ3n) is 2.54. The van der Waals surface area contributed by atoms with Gasteiger partial charge in [0.15, 0.2) is 0 Å². The molecule has 0 amide bonds. The number of halogens is 1. The molecular weight excluding hydrogens is 237 g/mol. The van der Waals surface area contributed by atoms with E-state index in [9.17, 15) is 9.50 Å². The van der Waals surface area contributed by atoms with E-state index < -0.39 is 6.10 Å². The van der Waals surface area contributed by atoms with Crippen molar-refractivity contribution in [2.75, 3.05) is 11.9 Å². The molecule has 4 heteroatoms. The Morgan fingerprint density at radius 1 is 1.41 bits per heavy atom. The molecule has 0 aliphatic carbocycles. The lowest BCUT2D eigenvalue weighted by Gasteiger charge is -2.11. The first-order valence-corrected chi connectivity index (χ1v) is 6.26. The van der Waals surface area contributed by atoms with Crippen LogP contribution in [0.15, 0.2) is 35.7 Å². The first-order chi connectivity index (χ1) is 8.16. The van der Waals surface area contributed by atoms with Crippen LogP contribution in [0.25, 0.3) is 0 Å². The molecule has 90 valence electrons. The normalized spacial score (nSPS) is 12.4. The van der Waals surface area contributed by atoms with Crippen LogP contribution in [-0.2, 0) is 0 Å². The molecule has 0 aliphatic rings. The second-order valence-corrected chi connectivity index (χ2v) is 4.86. The molecule has 0 spiro atoms. The highest BCUT2D eigenvalue weighted by atomic mass is 32.1. The zero-order valence-electron chi connectivity index (χ0n) is 9.48. The molecule has 2 rings (SSSR count). The van der Waals surface area contributed by atoms with Crippen molar-refractivity contribution in [3.05, 3.63) is 52.0 Å². The fraction of sp³-hybridized carbons (Fsp3) is 0.231. The maximum Gasteiger partial charge on any atom is 0.128 e. The molecule has 1 unspecified atom stereocenters. The van der Waals surface area contributed by atoms with Crippen LogP contribution in [-0.4, -0.2) is 11.7 Å². The van der Waals surface area contributed by atoms with Gasteiger partial charge in [-0.25, -0.2) is 4.39 Å². The molecule has 0 saturated heterocycles. The highest BCUT2D eigenvalue weighted by Crippen LogP contribution is 2.20. The van der Waals surface area contributed by atoms with E-state index in [0.717, 1.165) is 4.88 Å². The number of benzene rings is 1. The molecule has 0 radical (unpaired) electrons. The van der Waals surface area contributed by atoms with Crippen LogP contribution >= 0.6 is 11.3 Å². The minimum Gasteiger partial charge on any atom is -0.386 e. The number of aliphatic hydroxyl groups excluding tert-OH is 1. The Morgan fingerprint density at radius 3 is 2.88 bits per heavy atom. The molecule has 0 aliphatic heterocycles. The molecule has 1 heterocycles. The van der Waals surface area contributed by atoms with Gasteiger partial charge in [0.2, 0.25) is 0 Å². The average molecular weight is 251 g/mol. The van der Waals surface area contributed by atoms with Crippen LogP contribution in [0.1, 0.15) is 16.5 Å². The number of hydrogen-bond donors (Lipinski definition) is 2. The minimum absolute atomic E-state index is 0.236. The first kappa shape index (κ1) is 12.1. The molecule has 2 N–H and O–H groups in total. The van der Waals surface area contributed by atoms with Crippen LogP contribution in [0, 0.1) is 12.7 Å². The SMILES string of the molecule is Cc1ccc(NCC(O)c2cccs2)cc1F. The van der Waals surface area contributed by atoms with E-state index >= 15 is 0 Å². The lowest BCUT2D eigenvalue weighted by molar-refractivity contribution is 0.195. The monoisotopic (exact) mass is 251 g/mol. The Balaban J connectivity index is 1.96. The van der Waals surface area contributed by atoms with Crippen molar-refractivity contribution >= 4 is 17.0 Å². The molecule has 17 heavy (non-hydrogen) atoms. The summed E-state index contributed by atoms with van der Waals surface area (Å²) in [6.45, 7) is 2.10. The predicted molar refractivity (Wildman–Crippen MR) is 68.9 cm³/mol. The van der Waals surface area contributed by atoms with Crippen molar-refractivity contribution in [2.24, 2.45) is 0 Å². The molecule has 0 fully saturated rings. The summed E-state index contributed by atoms with van der Waals surface area (Å²) < 4.78 is 13.3. The van der Waals surface area contributed by atoms with Gasteiger partial charge in [-0.15, -0.1) is 11.3 Å². The molecule has 2 aromatic rings. The predicted octanol–water partition coefficient (Wildman–Crippen LogP) is 3.34. The van der Waals surface area contributed by atoms with Crippen LogP contribution in [0.4, 0.5) is 10.1 Å². The van der Waals surface area contributed by atoms with Crippen LogP contribution in [0.2, 0.25) is 0 Å². The molecule has 1 aromatic heterocycles. The van der Waals surface area contributed by atoms with Crippen molar-refractivity contribution in [1.29, 1.82) is 0 Å². The molecule has 0 saturated carbocycles. The Hall–Kier alpha value is -1.39. The summed E-state index contributed by atoms with van der Waals surface area (Å²) in [6, 6.07) is 8.74. The van der Waals surface area contributed by atoms with Gasteiger partial charge in [0.05, 0.1) is 0 Å². The maximum atomic E-state index is 13.3. The minimum atomic E-state index is -0.556. The van der Waals surface area contributed by atoms with Crippen molar-refractivity contribution in [3.8, 4) is 0 Å². The van der Waals surface area contributed by atoms with E-state index in [2.05, 4.69) is 5.32 Å². The molecule has 2 nitrogen and oxygen atoms in total. The fourth-order valence-electron chi connectivity index (χ4n) is 1.50. The van der Waals surface area contributed by atoms with Gasteiger partial charge in [-0.2, -0.15) is 0 Å². The molecular formula is C13H14FNOS. The lowest BCUT2D eigenvalue weighted by atomic mass is 10.2. The van der Waals surface area contributed by atoms with Gasteiger partial charge in [0.1, 0.15) is 11.9 Å². The topological polar surface area (TPSA) is 32.3 Å². The second kappa shape index (κ2) is 5.29. The fourth-order valence-corrected chi connectivity index (χ4v) is 2.21. The largest absolute Gasteiger partial charge is 0.386 e. The van der Waals surface area contributed by atoms with Crippen molar-refractivity contribution < 1.29 is 9.50 Å². The highest BCUT2D eigenvalue weighted by Gasteiger charge is 2.08. The summed E-state index contributed by atoms with van der Waals surface area (Å²) in [6.07, 6.45) is -0.556. The average Bonchev–Trinajstić information content (AvgIpc) is 2.84. The molecule has 1 aromatic carbocycles. The number of anilines is 1. The van der Waals surface area contributed by atoms with Gasteiger partial charge in [0.25, 0.3) is 0 Å². The quantitative estimate of drug-likeness (QED) is 0.873. The summed E-state index contributed by atoms with van der Waals surface area (Å²) in [5, 5.41) is 14.8. The van der Waals surface area contributed by atoms with E-state index in [-0.39, 0.29) is 5.82 Å². The van der Waals surface area contributed by atoms with E-state index in [1.54, 1.807) is 19.1 Å². The van der Waals surface area contributed by atoms with Crippen LogP contribution < -0.4 is 5.32 Å². The lowest BCUT2D eigenvalue weighted by Crippen LogP contribution is -2.11. The van der Waals surface area contributed by atoms with Crippen molar-refractivity contribution in [3.63, 3.8) is 0 Å². The maximum absolute atomic E-state index is 13.3. The van der Waals surface area contributed by atoms with Crippen molar-refractivity contribution in [2.45, 2.75) is 13.0 Å². The zero-order chi connectivity index (χ0) is 12.3. The summed E-state index contributed by atoms with van der Waals surface area (Å²) in [5.74, 6) is -0.236. The van der Waals surface area contributed by atoms with Gasteiger partial charge in [-0.1, -0.05) is 12.1 Å². The molecule has 0 bridgehead atoms. The van der Waals surface area contributed by atoms with E-state index in [4.69, 9.17) is 0 Å². The Bertz CT molecular complexity index is 484. The molecule has 1 atom stereocenters. The number of aryl methyl sites for hydroxylation is 1. The summed E-state index contributed by atoms with van der Waals surface area (Å²) in [7, 11) is 0. The third-order valence-corrected chi connectivity index (χ3v) is 3.52. The van der Waals surface area contributed by atoms with E-state index in [1.165, 1.54) is 17.4 Å². The van der Waals surface area contributed by atoms with E-state index in [0.29, 0.717) is 17.8 Å². The Labute approximate surface area is 104 Å². The number of nitrogens with one attached hydrogen (secondary N) is 1.